The molecule has 2 rings (SSSR count). The van der Waals surface area contributed by atoms with Gasteiger partial charge in [0.05, 0.1) is 14.2 Å². The molecule has 6 heteroatoms. The Bertz CT molecular complexity index is 451. The maximum atomic E-state index is 13.0. The minimum atomic E-state index is -2.34. The smallest absolute Gasteiger partial charge is 0.240 e. The van der Waals surface area contributed by atoms with Crippen LogP contribution in [0, 0.1) is 0 Å². The number of halogens is 2. The normalized spacial score (nSPS) is 17.8. The van der Waals surface area contributed by atoms with Gasteiger partial charge in [0.1, 0.15) is 0 Å². The van der Waals surface area contributed by atoms with Gasteiger partial charge in [-0.3, -0.25) is 4.90 Å². The van der Waals surface area contributed by atoms with E-state index in [4.69, 9.17) is 9.47 Å². The lowest BCUT2D eigenvalue weighted by Gasteiger charge is -2.35. The number of hydrogen-bond donors (Lipinski definition) is 1. The lowest BCUT2D eigenvalue weighted by molar-refractivity contribution is 0.0738. The second-order valence-corrected chi connectivity index (χ2v) is 5.04. The molecular weight excluding hydrogens is 278 g/mol. The fraction of sp³-hybridized carbons (Fsp3) is 0.600. The molecule has 0 bridgehead atoms. The molecule has 1 aliphatic heterocycles. The molecule has 0 amide bonds. The number of alkyl halides is 2. The number of methoxy groups -OCH3 is 2. The molecule has 1 aromatic carbocycles. The minimum absolute atomic E-state index is 0.171. The van der Waals surface area contributed by atoms with Crippen molar-refractivity contribution >= 4 is 0 Å². The highest BCUT2D eigenvalue weighted by Crippen LogP contribution is 2.34. The van der Waals surface area contributed by atoms with Gasteiger partial charge in [-0.15, -0.1) is 0 Å². The molecular formula is C15H22F2N2O2. The van der Waals surface area contributed by atoms with Crippen LogP contribution in [0.5, 0.6) is 11.5 Å². The summed E-state index contributed by atoms with van der Waals surface area (Å²) in [5, 5.41) is 3.24. The summed E-state index contributed by atoms with van der Waals surface area (Å²) in [5.41, 5.74) is 0.842. The highest BCUT2D eigenvalue weighted by molar-refractivity contribution is 5.43. The van der Waals surface area contributed by atoms with E-state index in [1.807, 2.05) is 6.07 Å². The van der Waals surface area contributed by atoms with E-state index in [-0.39, 0.29) is 12.5 Å². The first-order valence-corrected chi connectivity index (χ1v) is 7.10. The number of ether oxygens (including phenoxy) is 2. The third-order valence-electron chi connectivity index (χ3n) is 3.79. The van der Waals surface area contributed by atoms with Gasteiger partial charge in [0.2, 0.25) is 6.43 Å². The lowest BCUT2D eigenvalue weighted by atomic mass is 10.0. The molecule has 1 atom stereocenters. The minimum Gasteiger partial charge on any atom is -0.493 e. The summed E-state index contributed by atoms with van der Waals surface area (Å²) in [5.74, 6) is 1.18. The Morgan fingerprint density at radius 2 is 1.81 bits per heavy atom. The van der Waals surface area contributed by atoms with Crippen LogP contribution in [0.2, 0.25) is 0 Å². The number of benzene rings is 1. The number of nitrogens with one attached hydrogen (secondary N) is 1. The van der Waals surface area contributed by atoms with Crippen LogP contribution in [0.3, 0.4) is 0 Å². The Kier molecular flexibility index (Phi) is 5.76. The molecule has 0 radical (unpaired) electrons. The first kappa shape index (κ1) is 16.0. The highest BCUT2D eigenvalue weighted by Gasteiger charge is 2.26. The molecule has 21 heavy (non-hydrogen) atoms. The molecule has 1 saturated heterocycles. The van der Waals surface area contributed by atoms with Crippen LogP contribution in [0.25, 0.3) is 0 Å². The van der Waals surface area contributed by atoms with Crippen molar-refractivity contribution in [2.24, 2.45) is 0 Å². The predicted octanol–water partition coefficient (Wildman–Crippen LogP) is 2.31. The molecule has 4 nitrogen and oxygen atoms in total. The van der Waals surface area contributed by atoms with Crippen molar-refractivity contribution < 1.29 is 18.3 Å². The van der Waals surface area contributed by atoms with E-state index >= 15 is 0 Å². The topological polar surface area (TPSA) is 33.7 Å². The highest BCUT2D eigenvalue weighted by atomic mass is 19.3. The Morgan fingerprint density at radius 1 is 1.14 bits per heavy atom. The van der Waals surface area contributed by atoms with Crippen LogP contribution in [-0.2, 0) is 0 Å². The van der Waals surface area contributed by atoms with Gasteiger partial charge in [0.15, 0.2) is 11.5 Å². The van der Waals surface area contributed by atoms with Crippen molar-refractivity contribution in [2.75, 3.05) is 40.4 Å². The predicted molar refractivity (Wildman–Crippen MR) is 77.4 cm³/mol. The number of piperazine rings is 1. The zero-order chi connectivity index (χ0) is 15.2. The number of nitrogens with zero attached hydrogens (tertiary/aromatic N) is 1. The summed E-state index contributed by atoms with van der Waals surface area (Å²) in [6.07, 6.45) is -2.51. The van der Waals surface area contributed by atoms with E-state index in [0.717, 1.165) is 31.7 Å². The summed E-state index contributed by atoms with van der Waals surface area (Å²) >= 11 is 0. The molecule has 1 aliphatic rings. The summed E-state index contributed by atoms with van der Waals surface area (Å²) in [4.78, 5) is 2.10. The molecule has 118 valence electrons. The Hall–Kier alpha value is -1.40. The zero-order valence-corrected chi connectivity index (χ0v) is 12.4. The van der Waals surface area contributed by atoms with E-state index in [1.165, 1.54) is 0 Å². The van der Waals surface area contributed by atoms with Gasteiger partial charge in [-0.05, 0) is 17.7 Å². The first-order valence-electron chi connectivity index (χ1n) is 7.10. The van der Waals surface area contributed by atoms with Crippen molar-refractivity contribution in [2.45, 2.75) is 18.9 Å². The zero-order valence-electron chi connectivity index (χ0n) is 12.4. The molecule has 1 fully saturated rings. The standard InChI is InChI=1S/C15H22F2N2O2/c1-20-13-4-3-11(9-14(13)21-2)12(10-15(16)17)19-7-5-18-6-8-19/h3-4,9,12,15,18H,5-8,10H2,1-2H3/t12-/m0/s1. The van der Waals surface area contributed by atoms with E-state index in [0.29, 0.717) is 11.5 Å². The fourth-order valence-corrected chi connectivity index (χ4v) is 2.72. The Balaban J connectivity index is 2.26. The SMILES string of the molecule is COc1ccc([C@H](CC(F)F)N2CCNCC2)cc1OC. The van der Waals surface area contributed by atoms with Gasteiger partial charge in [0.25, 0.3) is 0 Å². The van der Waals surface area contributed by atoms with Crippen LogP contribution in [0.4, 0.5) is 8.78 Å². The molecule has 0 aromatic heterocycles. The summed E-state index contributed by atoms with van der Waals surface area (Å²) < 4.78 is 36.4. The van der Waals surface area contributed by atoms with Crippen molar-refractivity contribution in [3.8, 4) is 11.5 Å². The summed E-state index contributed by atoms with van der Waals surface area (Å²) in [6, 6.07) is 5.12. The van der Waals surface area contributed by atoms with Crippen LogP contribution in [-0.4, -0.2) is 51.7 Å². The van der Waals surface area contributed by atoms with Crippen molar-refractivity contribution in [3.05, 3.63) is 23.8 Å². The molecule has 0 aliphatic carbocycles. The average Bonchev–Trinajstić information content (AvgIpc) is 2.52. The fourth-order valence-electron chi connectivity index (χ4n) is 2.72. The molecule has 1 N–H and O–H groups in total. The maximum absolute atomic E-state index is 13.0. The van der Waals surface area contributed by atoms with Gasteiger partial charge in [0, 0.05) is 38.6 Å². The average molecular weight is 300 g/mol. The van der Waals surface area contributed by atoms with Gasteiger partial charge in [-0.2, -0.15) is 0 Å². The Morgan fingerprint density at radius 3 is 2.38 bits per heavy atom. The quantitative estimate of drug-likeness (QED) is 0.874. The molecule has 1 heterocycles. The van der Waals surface area contributed by atoms with Gasteiger partial charge in [-0.1, -0.05) is 6.07 Å². The van der Waals surface area contributed by atoms with E-state index in [9.17, 15) is 8.78 Å². The third kappa shape index (κ3) is 4.04. The summed E-state index contributed by atoms with van der Waals surface area (Å²) in [7, 11) is 3.11. The lowest BCUT2D eigenvalue weighted by Crippen LogP contribution is -2.45. The van der Waals surface area contributed by atoms with Crippen LogP contribution in [0.1, 0.15) is 18.0 Å². The maximum Gasteiger partial charge on any atom is 0.240 e. The van der Waals surface area contributed by atoms with Crippen molar-refractivity contribution in [3.63, 3.8) is 0 Å². The molecule has 1 aromatic rings. The van der Waals surface area contributed by atoms with Gasteiger partial charge in [-0.25, -0.2) is 8.78 Å². The van der Waals surface area contributed by atoms with Crippen LogP contribution >= 0.6 is 0 Å². The molecule has 0 saturated carbocycles. The van der Waals surface area contributed by atoms with E-state index in [1.54, 1.807) is 26.4 Å². The number of hydrogen-bond acceptors (Lipinski definition) is 4. The largest absolute Gasteiger partial charge is 0.493 e. The van der Waals surface area contributed by atoms with E-state index in [2.05, 4.69) is 10.2 Å². The van der Waals surface area contributed by atoms with Crippen LogP contribution < -0.4 is 14.8 Å². The molecule has 0 spiro atoms. The van der Waals surface area contributed by atoms with E-state index < -0.39 is 6.43 Å². The Labute approximate surface area is 124 Å². The molecule has 0 unspecified atom stereocenters. The second kappa shape index (κ2) is 7.56. The number of rotatable bonds is 6. The van der Waals surface area contributed by atoms with Crippen LogP contribution in [0.15, 0.2) is 18.2 Å². The second-order valence-electron chi connectivity index (χ2n) is 5.04. The van der Waals surface area contributed by atoms with Gasteiger partial charge < -0.3 is 14.8 Å². The van der Waals surface area contributed by atoms with Gasteiger partial charge >= 0.3 is 0 Å². The third-order valence-corrected chi connectivity index (χ3v) is 3.79. The first-order chi connectivity index (χ1) is 10.2. The van der Waals surface area contributed by atoms with Crippen molar-refractivity contribution in [1.82, 2.24) is 10.2 Å². The monoisotopic (exact) mass is 300 g/mol. The summed E-state index contributed by atoms with van der Waals surface area (Å²) in [6.45, 7) is 3.19. The van der Waals surface area contributed by atoms with Crippen molar-refractivity contribution in [1.29, 1.82) is 0 Å².